The molecule has 0 N–H and O–H groups in total. The number of furan rings is 1. The molecule has 0 unspecified atom stereocenters. The van der Waals surface area contributed by atoms with E-state index in [4.69, 9.17) is 4.42 Å². The lowest BCUT2D eigenvalue weighted by molar-refractivity contribution is 0.669. The molecule has 11 rings (SSSR count). The Balaban J connectivity index is 1.22. The molecule has 0 fully saturated rings. The van der Waals surface area contributed by atoms with Gasteiger partial charge >= 0.3 is 0 Å². The molecule has 226 valence electrons. The molecule has 0 bridgehead atoms. The van der Waals surface area contributed by atoms with Gasteiger partial charge in [0, 0.05) is 10.8 Å². The van der Waals surface area contributed by atoms with Crippen LogP contribution in [0.3, 0.4) is 0 Å². The molecule has 1 nitrogen and oxygen atoms in total. The van der Waals surface area contributed by atoms with E-state index in [0.29, 0.717) is 0 Å². The largest absolute Gasteiger partial charge is 0.456 e. The van der Waals surface area contributed by atoms with E-state index in [0.717, 1.165) is 11.2 Å². The van der Waals surface area contributed by atoms with Gasteiger partial charge < -0.3 is 4.42 Å². The van der Waals surface area contributed by atoms with E-state index < -0.39 is 0 Å². The highest BCUT2D eigenvalue weighted by molar-refractivity contribution is 6.30. The number of benzene rings is 10. The highest BCUT2D eigenvalue weighted by Crippen LogP contribution is 2.49. The van der Waals surface area contributed by atoms with Crippen molar-refractivity contribution in [2.24, 2.45) is 0 Å². The van der Waals surface area contributed by atoms with Gasteiger partial charge in [-0.3, -0.25) is 0 Å². The van der Waals surface area contributed by atoms with E-state index in [1.807, 2.05) is 0 Å². The minimum absolute atomic E-state index is 0.939. The summed E-state index contributed by atoms with van der Waals surface area (Å²) >= 11 is 0. The molecule has 0 radical (unpaired) electrons. The molecule has 0 aliphatic rings. The summed E-state index contributed by atoms with van der Waals surface area (Å²) in [6.07, 6.45) is 0. The molecule has 0 saturated heterocycles. The fourth-order valence-corrected chi connectivity index (χ4v) is 8.54. The molecule has 0 amide bonds. The Hall–Kier alpha value is -6.44. The van der Waals surface area contributed by atoms with Crippen molar-refractivity contribution in [3.63, 3.8) is 0 Å². The van der Waals surface area contributed by atoms with E-state index in [2.05, 4.69) is 170 Å². The van der Waals surface area contributed by atoms with Gasteiger partial charge in [0.15, 0.2) is 0 Å². The minimum Gasteiger partial charge on any atom is -0.456 e. The van der Waals surface area contributed by atoms with Crippen LogP contribution in [0, 0.1) is 0 Å². The average Bonchev–Trinajstić information content (AvgIpc) is 3.56. The van der Waals surface area contributed by atoms with Crippen LogP contribution in [0.2, 0.25) is 0 Å². The molecule has 0 aliphatic heterocycles. The topological polar surface area (TPSA) is 13.1 Å². The van der Waals surface area contributed by atoms with Crippen molar-refractivity contribution in [2.75, 3.05) is 0 Å². The summed E-state index contributed by atoms with van der Waals surface area (Å²) < 4.78 is 6.35. The summed E-state index contributed by atoms with van der Waals surface area (Å²) in [5.41, 5.74) is 9.35. The molecule has 1 aromatic heterocycles. The van der Waals surface area contributed by atoms with Gasteiger partial charge in [-0.05, 0) is 118 Å². The lowest BCUT2D eigenvalue weighted by Crippen LogP contribution is -1.92. The normalized spacial score (nSPS) is 12.1. The highest BCUT2D eigenvalue weighted by Gasteiger charge is 2.22. The smallest absolute Gasteiger partial charge is 0.136 e. The quantitative estimate of drug-likeness (QED) is 0.141. The predicted molar refractivity (Wildman–Crippen MR) is 209 cm³/mol. The predicted octanol–water partition coefficient (Wildman–Crippen LogP) is 13.8. The minimum atomic E-state index is 0.939. The van der Waals surface area contributed by atoms with Crippen LogP contribution in [-0.2, 0) is 0 Å². The van der Waals surface area contributed by atoms with Crippen molar-refractivity contribution in [3.05, 3.63) is 170 Å². The fraction of sp³-hybridized carbons (Fsp3) is 0. The van der Waals surface area contributed by atoms with Gasteiger partial charge in [-0.25, -0.2) is 0 Å². The third-order valence-electron chi connectivity index (χ3n) is 10.6. The lowest BCUT2D eigenvalue weighted by Gasteiger charge is -2.19. The van der Waals surface area contributed by atoms with E-state index >= 15 is 0 Å². The second-order valence-electron chi connectivity index (χ2n) is 13.2. The Bertz CT molecular complexity index is 3050. The summed E-state index contributed by atoms with van der Waals surface area (Å²) in [6, 6.07) is 62.2. The molecule has 0 aliphatic carbocycles. The van der Waals surface area contributed by atoms with Crippen LogP contribution in [0.25, 0.3) is 109 Å². The van der Waals surface area contributed by atoms with Gasteiger partial charge in [0.05, 0.1) is 0 Å². The van der Waals surface area contributed by atoms with Gasteiger partial charge in [0.2, 0.25) is 0 Å². The monoisotopic (exact) mass is 620 g/mol. The van der Waals surface area contributed by atoms with Crippen LogP contribution in [-0.4, -0.2) is 0 Å². The number of rotatable bonds is 3. The highest BCUT2D eigenvalue weighted by atomic mass is 16.3. The summed E-state index contributed by atoms with van der Waals surface area (Å²) in [5, 5.41) is 15.0. The molecule has 11 aromatic rings. The first-order chi connectivity index (χ1) is 24.3. The third-order valence-corrected chi connectivity index (χ3v) is 10.6. The molecule has 1 heteroatoms. The van der Waals surface area contributed by atoms with Gasteiger partial charge in [-0.2, -0.15) is 0 Å². The summed E-state index contributed by atoms with van der Waals surface area (Å²) in [4.78, 5) is 0. The van der Waals surface area contributed by atoms with Crippen LogP contribution in [0.4, 0.5) is 0 Å². The second-order valence-corrected chi connectivity index (χ2v) is 13.2. The Labute approximate surface area is 282 Å². The van der Waals surface area contributed by atoms with Crippen molar-refractivity contribution in [1.82, 2.24) is 0 Å². The van der Waals surface area contributed by atoms with E-state index in [1.54, 1.807) is 0 Å². The lowest BCUT2D eigenvalue weighted by atomic mass is 9.83. The zero-order valence-electron chi connectivity index (χ0n) is 26.6. The Morgan fingerprint density at radius 1 is 0.286 bits per heavy atom. The maximum atomic E-state index is 6.35. The first-order valence-electron chi connectivity index (χ1n) is 16.9. The maximum absolute atomic E-state index is 6.35. The first-order valence-corrected chi connectivity index (χ1v) is 16.9. The van der Waals surface area contributed by atoms with Gasteiger partial charge in [-0.1, -0.05) is 140 Å². The molecule has 49 heavy (non-hydrogen) atoms. The summed E-state index contributed by atoms with van der Waals surface area (Å²) in [7, 11) is 0. The summed E-state index contributed by atoms with van der Waals surface area (Å²) in [5.74, 6) is 0. The van der Waals surface area contributed by atoms with Gasteiger partial charge in [-0.15, -0.1) is 0 Å². The number of fused-ring (bicyclic) bond motifs is 5. The molecule has 0 atom stereocenters. The van der Waals surface area contributed by atoms with Crippen molar-refractivity contribution in [1.29, 1.82) is 0 Å². The van der Waals surface area contributed by atoms with Crippen LogP contribution in [0.5, 0.6) is 0 Å². The van der Waals surface area contributed by atoms with E-state index in [1.165, 1.54) is 98.0 Å². The van der Waals surface area contributed by atoms with E-state index in [-0.39, 0.29) is 0 Å². The van der Waals surface area contributed by atoms with Crippen LogP contribution >= 0.6 is 0 Å². The maximum Gasteiger partial charge on any atom is 0.136 e. The first kappa shape index (κ1) is 26.6. The van der Waals surface area contributed by atoms with E-state index in [9.17, 15) is 0 Å². The Morgan fingerprint density at radius 2 is 0.796 bits per heavy atom. The SMILES string of the molecule is c1cc(-c2c3ccccc3c(-c3cc4cccc5oc6cccc3c6c45)c3ccccc23)cc(-c2cc3ccccc3c3ccccc23)c1. The average molecular weight is 621 g/mol. The van der Waals surface area contributed by atoms with Gasteiger partial charge in [0.25, 0.3) is 0 Å². The number of hydrogen-bond acceptors (Lipinski definition) is 1. The molecule has 0 saturated carbocycles. The van der Waals surface area contributed by atoms with Crippen molar-refractivity contribution in [3.8, 4) is 33.4 Å². The molecular weight excluding hydrogens is 593 g/mol. The standard InChI is InChI=1S/C48H28O/c1-2-16-33-30(12-1)27-41(35-18-4-3-17-34(33)35)29-13-9-14-31(26-29)45-36-19-5-7-21-38(36)47(39-22-8-6-20-37(39)45)42-28-32-15-10-24-43-46(32)48-40(42)23-11-25-44(48)49-43/h1-28H. The van der Waals surface area contributed by atoms with Gasteiger partial charge in [0.1, 0.15) is 11.2 Å². The van der Waals surface area contributed by atoms with Crippen LogP contribution < -0.4 is 0 Å². The van der Waals surface area contributed by atoms with Crippen molar-refractivity contribution >= 4 is 75.8 Å². The second kappa shape index (κ2) is 10.0. The molecule has 1 heterocycles. The Kier molecular flexibility index (Phi) is 5.45. The molecule has 10 aromatic carbocycles. The fourth-order valence-electron chi connectivity index (χ4n) is 8.54. The Morgan fingerprint density at radius 3 is 1.55 bits per heavy atom. The third kappa shape index (κ3) is 3.76. The molecule has 0 spiro atoms. The van der Waals surface area contributed by atoms with Crippen molar-refractivity contribution in [2.45, 2.75) is 0 Å². The zero-order valence-corrected chi connectivity index (χ0v) is 26.6. The van der Waals surface area contributed by atoms with Crippen LogP contribution in [0.15, 0.2) is 174 Å². The zero-order chi connectivity index (χ0) is 32.1. The summed E-state index contributed by atoms with van der Waals surface area (Å²) in [6.45, 7) is 0. The molecular formula is C48H28O. The number of hydrogen-bond donors (Lipinski definition) is 0. The van der Waals surface area contributed by atoms with Crippen LogP contribution in [0.1, 0.15) is 0 Å². The van der Waals surface area contributed by atoms with Crippen molar-refractivity contribution < 1.29 is 4.42 Å².